The lowest BCUT2D eigenvalue weighted by atomic mass is 10.0. The van der Waals surface area contributed by atoms with E-state index in [0.717, 1.165) is 36.8 Å². The lowest BCUT2D eigenvalue weighted by Gasteiger charge is -2.27. The summed E-state index contributed by atoms with van der Waals surface area (Å²) in [5, 5.41) is 2.78. The van der Waals surface area contributed by atoms with Crippen LogP contribution >= 0.6 is 0 Å². The summed E-state index contributed by atoms with van der Waals surface area (Å²) in [4.78, 5) is 54.5. The number of rotatable bonds is 12. The minimum atomic E-state index is -0.527. The van der Waals surface area contributed by atoms with Crippen molar-refractivity contribution in [3.8, 4) is 0 Å². The summed E-state index contributed by atoms with van der Waals surface area (Å²) < 4.78 is 10.3. The quantitative estimate of drug-likeness (QED) is 0.278. The van der Waals surface area contributed by atoms with E-state index in [9.17, 15) is 19.2 Å². The molecular weight excluding hydrogens is 522 g/mol. The highest BCUT2D eigenvalue weighted by molar-refractivity contribution is 6.09. The third-order valence-corrected chi connectivity index (χ3v) is 6.74. The van der Waals surface area contributed by atoms with Crippen LogP contribution in [0.5, 0.6) is 0 Å². The van der Waals surface area contributed by atoms with Gasteiger partial charge in [-0.15, -0.1) is 0 Å². The first-order chi connectivity index (χ1) is 19.5. The fourth-order valence-corrected chi connectivity index (χ4v) is 4.74. The maximum atomic E-state index is 13.8. The molecule has 0 aliphatic carbocycles. The second-order valence-electron chi connectivity index (χ2n) is 11.3. The van der Waals surface area contributed by atoms with Crippen LogP contribution < -0.4 is 10.2 Å². The minimum Gasteiger partial charge on any atom is -0.466 e. The van der Waals surface area contributed by atoms with Gasteiger partial charge in [-0.05, 0) is 77.1 Å². The fourth-order valence-electron chi connectivity index (χ4n) is 4.74. The number of hydrogen-bond acceptors (Lipinski definition) is 6. The van der Waals surface area contributed by atoms with Gasteiger partial charge in [-0.25, -0.2) is 4.79 Å². The molecule has 222 valence electrons. The van der Waals surface area contributed by atoms with Crippen LogP contribution in [0.1, 0.15) is 81.8 Å². The van der Waals surface area contributed by atoms with Gasteiger partial charge in [-0.2, -0.15) is 0 Å². The number of hydrogen-bond donors (Lipinski definition) is 1. The maximum absolute atomic E-state index is 13.8. The van der Waals surface area contributed by atoms with E-state index >= 15 is 0 Å². The zero-order valence-electron chi connectivity index (χ0n) is 24.9. The van der Waals surface area contributed by atoms with Crippen molar-refractivity contribution in [2.24, 2.45) is 0 Å². The first kappa shape index (κ1) is 31.6. The van der Waals surface area contributed by atoms with Crippen LogP contribution in [0.25, 0.3) is 0 Å². The third-order valence-electron chi connectivity index (χ3n) is 6.74. The zero-order chi connectivity index (χ0) is 30.0. The van der Waals surface area contributed by atoms with Gasteiger partial charge >= 0.3 is 12.1 Å². The average molecular weight is 566 g/mol. The lowest BCUT2D eigenvalue weighted by Crippen LogP contribution is -2.44. The first-order valence-corrected chi connectivity index (χ1v) is 14.4. The smallest absolute Gasteiger partial charge is 0.407 e. The van der Waals surface area contributed by atoms with Crippen LogP contribution in [0.15, 0.2) is 48.5 Å². The highest BCUT2D eigenvalue weighted by atomic mass is 16.6. The van der Waals surface area contributed by atoms with E-state index in [1.54, 1.807) is 18.7 Å². The Labute approximate surface area is 243 Å². The van der Waals surface area contributed by atoms with Crippen molar-refractivity contribution in [1.29, 1.82) is 0 Å². The van der Waals surface area contributed by atoms with E-state index < -0.39 is 23.7 Å². The minimum absolute atomic E-state index is 0.0118. The Bertz CT molecular complexity index is 1210. The number of alkyl carbamates (subject to hydrolysis) is 1. The summed E-state index contributed by atoms with van der Waals surface area (Å²) in [7, 11) is 0. The number of unbranched alkanes of at least 4 members (excludes halogenated alkanes) is 2. The monoisotopic (exact) mass is 565 g/mol. The van der Waals surface area contributed by atoms with E-state index in [1.807, 2.05) is 69.3 Å². The van der Waals surface area contributed by atoms with Crippen molar-refractivity contribution in [3.05, 3.63) is 65.2 Å². The number of amides is 3. The molecule has 1 heterocycles. The molecule has 41 heavy (non-hydrogen) atoms. The molecule has 1 unspecified atom stereocenters. The summed E-state index contributed by atoms with van der Waals surface area (Å²) in [6.45, 7) is 9.99. The highest BCUT2D eigenvalue weighted by Gasteiger charge is 2.35. The Hall–Kier alpha value is -3.88. The first-order valence-electron chi connectivity index (χ1n) is 14.4. The Morgan fingerprint density at radius 3 is 2.41 bits per heavy atom. The molecule has 3 amide bonds. The second-order valence-corrected chi connectivity index (χ2v) is 11.3. The van der Waals surface area contributed by atoms with Crippen LogP contribution in [-0.2, 0) is 32.0 Å². The number of benzene rings is 2. The molecular formula is C32H43N3O6. The van der Waals surface area contributed by atoms with Crippen molar-refractivity contribution in [3.63, 3.8) is 0 Å². The summed E-state index contributed by atoms with van der Waals surface area (Å²) in [5.74, 6) is -0.883. The normalized spacial score (nSPS) is 14.3. The summed E-state index contributed by atoms with van der Waals surface area (Å²) >= 11 is 0. The van der Waals surface area contributed by atoms with Gasteiger partial charge in [0, 0.05) is 12.6 Å². The van der Waals surface area contributed by atoms with Crippen LogP contribution in [0.3, 0.4) is 0 Å². The molecule has 1 aliphatic rings. The van der Waals surface area contributed by atoms with E-state index in [-0.39, 0.29) is 31.4 Å². The molecule has 1 aliphatic heterocycles. The predicted molar refractivity (Wildman–Crippen MR) is 158 cm³/mol. The second kappa shape index (κ2) is 14.7. The maximum Gasteiger partial charge on any atom is 0.407 e. The number of anilines is 1. The molecule has 1 N–H and O–H groups in total. The number of carbonyl (C=O) groups is 4. The zero-order valence-corrected chi connectivity index (χ0v) is 24.9. The predicted octanol–water partition coefficient (Wildman–Crippen LogP) is 5.25. The Morgan fingerprint density at radius 1 is 1.00 bits per heavy atom. The van der Waals surface area contributed by atoms with Crippen LogP contribution in [0, 0.1) is 0 Å². The summed E-state index contributed by atoms with van der Waals surface area (Å²) in [6.07, 6.45) is 2.91. The van der Waals surface area contributed by atoms with Crippen molar-refractivity contribution in [2.45, 2.75) is 84.9 Å². The molecule has 2 aromatic rings. The van der Waals surface area contributed by atoms with Gasteiger partial charge in [0.05, 0.1) is 30.8 Å². The molecule has 0 fully saturated rings. The van der Waals surface area contributed by atoms with Gasteiger partial charge in [-0.3, -0.25) is 14.4 Å². The number of nitrogens with one attached hydrogen (secondary N) is 1. The van der Waals surface area contributed by atoms with Gasteiger partial charge in [0.1, 0.15) is 12.1 Å². The number of ether oxygens (including phenoxy) is 2. The molecule has 9 nitrogen and oxygen atoms in total. The molecule has 3 rings (SSSR count). The molecule has 0 spiro atoms. The molecule has 2 aromatic carbocycles. The third kappa shape index (κ3) is 9.62. The van der Waals surface area contributed by atoms with Crippen LogP contribution in [0.4, 0.5) is 10.5 Å². The van der Waals surface area contributed by atoms with Crippen molar-refractivity contribution < 1.29 is 28.7 Å². The van der Waals surface area contributed by atoms with Gasteiger partial charge in [0.25, 0.3) is 5.91 Å². The molecule has 9 heteroatoms. The number of carbonyl (C=O) groups excluding carboxylic acids is 4. The number of esters is 1. The standard InChI is InChI=1S/C32H43N3O6/c1-6-40-29(37)19-23(2)34-22-28(36)35(21-25-14-9-7-10-15-25)27-17-16-24(20-26(27)30(34)38)13-11-8-12-18-33-31(39)41-32(3,4)5/h7,9-10,14-17,20,23H,6,8,11-13,18-19,21-22H2,1-5H3,(H,33,39). The van der Waals surface area contributed by atoms with E-state index in [2.05, 4.69) is 5.32 Å². The van der Waals surface area contributed by atoms with E-state index in [1.165, 1.54) is 4.90 Å². The summed E-state index contributed by atoms with van der Waals surface area (Å²) in [6, 6.07) is 14.9. The van der Waals surface area contributed by atoms with Gasteiger partial charge < -0.3 is 24.6 Å². The molecule has 0 saturated carbocycles. The Kier molecular flexibility index (Phi) is 11.3. The van der Waals surface area contributed by atoms with E-state index in [0.29, 0.717) is 24.3 Å². The number of nitrogens with zero attached hydrogens (tertiary/aromatic N) is 2. The van der Waals surface area contributed by atoms with Gasteiger partial charge in [0.15, 0.2) is 0 Å². The number of fused-ring (bicyclic) bond motifs is 1. The van der Waals surface area contributed by atoms with Gasteiger partial charge in [0.2, 0.25) is 5.91 Å². The van der Waals surface area contributed by atoms with Crippen LogP contribution in [0.2, 0.25) is 0 Å². The Balaban J connectivity index is 1.74. The van der Waals surface area contributed by atoms with Crippen molar-refractivity contribution in [2.75, 3.05) is 24.6 Å². The molecule has 0 bridgehead atoms. The molecule has 0 saturated heterocycles. The molecule has 1 atom stereocenters. The SMILES string of the molecule is CCOC(=O)CC(C)N1CC(=O)N(Cc2ccccc2)c2ccc(CCCCCNC(=O)OC(C)(C)C)cc2C1=O. The Morgan fingerprint density at radius 2 is 1.73 bits per heavy atom. The van der Waals surface area contributed by atoms with Crippen molar-refractivity contribution in [1.82, 2.24) is 10.2 Å². The van der Waals surface area contributed by atoms with Gasteiger partial charge in [-0.1, -0.05) is 42.8 Å². The lowest BCUT2D eigenvalue weighted by molar-refractivity contribution is -0.144. The van der Waals surface area contributed by atoms with Crippen LogP contribution in [-0.4, -0.2) is 60.1 Å². The molecule has 0 aromatic heterocycles. The van der Waals surface area contributed by atoms with E-state index in [4.69, 9.17) is 9.47 Å². The van der Waals surface area contributed by atoms with Crippen molar-refractivity contribution >= 4 is 29.6 Å². The highest BCUT2D eigenvalue weighted by Crippen LogP contribution is 2.30. The molecule has 0 radical (unpaired) electrons. The largest absolute Gasteiger partial charge is 0.466 e. The number of aryl methyl sites for hydroxylation is 1. The average Bonchev–Trinajstić information content (AvgIpc) is 3.00. The topological polar surface area (TPSA) is 105 Å². The fraction of sp³-hybridized carbons (Fsp3) is 0.500. The summed E-state index contributed by atoms with van der Waals surface area (Å²) in [5.41, 5.74) is 2.44.